The summed E-state index contributed by atoms with van der Waals surface area (Å²) in [7, 11) is -3.22. The molecule has 0 saturated heterocycles. The van der Waals surface area contributed by atoms with E-state index in [0.717, 1.165) is 6.42 Å². The third kappa shape index (κ3) is 6.25. The predicted molar refractivity (Wildman–Crippen MR) is 85.1 cm³/mol. The number of unbranched alkanes of at least 4 members (excludes halogenated alkanes) is 2. The molecule has 3 nitrogen and oxygen atoms in total. The van der Waals surface area contributed by atoms with Crippen molar-refractivity contribution in [1.82, 2.24) is 5.32 Å². The van der Waals surface area contributed by atoms with E-state index in [-0.39, 0.29) is 5.75 Å². The first-order valence-electron chi connectivity index (χ1n) is 7.17. The molecule has 0 bridgehead atoms. The molecule has 0 fully saturated rings. The number of nitrogens with one attached hydrogen (secondary N) is 1. The van der Waals surface area contributed by atoms with Crippen LogP contribution in [0.4, 0.5) is 0 Å². The fourth-order valence-electron chi connectivity index (χ4n) is 2.00. The highest BCUT2D eigenvalue weighted by atomic mass is 35.5. The van der Waals surface area contributed by atoms with Gasteiger partial charge < -0.3 is 5.32 Å². The van der Waals surface area contributed by atoms with Crippen LogP contribution in [0.1, 0.15) is 39.5 Å². The molecule has 0 aliphatic heterocycles. The van der Waals surface area contributed by atoms with Crippen molar-refractivity contribution >= 4 is 21.4 Å². The molecule has 1 N–H and O–H groups in total. The van der Waals surface area contributed by atoms with Gasteiger partial charge in [0.1, 0.15) is 0 Å². The molecule has 0 radical (unpaired) electrons. The quantitative estimate of drug-likeness (QED) is 0.707. The molecule has 1 aromatic rings. The maximum Gasteiger partial charge on any atom is 0.179 e. The number of rotatable bonds is 9. The number of sulfone groups is 1. The van der Waals surface area contributed by atoms with Crippen LogP contribution in [-0.2, 0) is 9.84 Å². The van der Waals surface area contributed by atoms with Gasteiger partial charge in [0.05, 0.1) is 10.6 Å². The van der Waals surface area contributed by atoms with E-state index in [0.29, 0.717) is 22.5 Å². The molecule has 5 heteroatoms. The van der Waals surface area contributed by atoms with Gasteiger partial charge in [0.2, 0.25) is 0 Å². The fraction of sp³-hybridized carbons (Fsp3) is 0.600. The summed E-state index contributed by atoms with van der Waals surface area (Å²) in [6.07, 6.45) is 4.72. The minimum absolute atomic E-state index is 0.118. The van der Waals surface area contributed by atoms with Gasteiger partial charge in [-0.25, -0.2) is 8.42 Å². The number of benzene rings is 1. The van der Waals surface area contributed by atoms with E-state index >= 15 is 0 Å². The van der Waals surface area contributed by atoms with E-state index in [1.165, 1.54) is 19.3 Å². The van der Waals surface area contributed by atoms with Crippen molar-refractivity contribution < 1.29 is 8.42 Å². The smallest absolute Gasteiger partial charge is 0.179 e. The normalized spacial score (nSPS) is 13.3. The maximum absolute atomic E-state index is 12.1. The van der Waals surface area contributed by atoms with E-state index in [2.05, 4.69) is 19.2 Å². The Morgan fingerprint density at radius 3 is 2.45 bits per heavy atom. The van der Waals surface area contributed by atoms with E-state index in [1.54, 1.807) is 24.3 Å². The van der Waals surface area contributed by atoms with Gasteiger partial charge in [-0.3, -0.25) is 0 Å². The minimum Gasteiger partial charge on any atom is -0.313 e. The Morgan fingerprint density at radius 1 is 1.20 bits per heavy atom. The molecule has 0 saturated carbocycles. The lowest BCUT2D eigenvalue weighted by atomic mass is 10.1. The Bertz CT molecular complexity index is 485. The Labute approximate surface area is 127 Å². The van der Waals surface area contributed by atoms with Crippen molar-refractivity contribution in [1.29, 1.82) is 0 Å². The van der Waals surface area contributed by atoms with Crippen molar-refractivity contribution in [3.8, 4) is 0 Å². The summed E-state index contributed by atoms with van der Waals surface area (Å²) in [5, 5.41) is 3.82. The van der Waals surface area contributed by atoms with Crippen LogP contribution in [-0.4, -0.2) is 26.8 Å². The molecule has 0 aliphatic rings. The molecule has 1 rings (SSSR count). The van der Waals surface area contributed by atoms with E-state index in [9.17, 15) is 8.42 Å². The van der Waals surface area contributed by atoms with Crippen LogP contribution in [0.5, 0.6) is 0 Å². The van der Waals surface area contributed by atoms with Crippen LogP contribution in [0, 0.1) is 0 Å². The van der Waals surface area contributed by atoms with Gasteiger partial charge in [-0.15, -0.1) is 0 Å². The molecule has 0 amide bonds. The second kappa shape index (κ2) is 8.65. The van der Waals surface area contributed by atoms with Gasteiger partial charge >= 0.3 is 0 Å². The van der Waals surface area contributed by atoms with Crippen LogP contribution in [0.25, 0.3) is 0 Å². The summed E-state index contributed by atoms with van der Waals surface area (Å²) in [6.45, 7) is 4.76. The lowest BCUT2D eigenvalue weighted by Gasteiger charge is -2.13. The van der Waals surface area contributed by atoms with E-state index < -0.39 is 9.84 Å². The van der Waals surface area contributed by atoms with Crippen LogP contribution >= 0.6 is 11.6 Å². The van der Waals surface area contributed by atoms with Gasteiger partial charge in [0.25, 0.3) is 0 Å². The average molecular weight is 318 g/mol. The molecule has 0 aromatic heterocycles. The first kappa shape index (κ1) is 17.5. The van der Waals surface area contributed by atoms with Crippen molar-refractivity contribution in [2.75, 3.05) is 12.3 Å². The van der Waals surface area contributed by atoms with Gasteiger partial charge in [-0.2, -0.15) is 0 Å². The molecule has 1 atom stereocenters. The third-order valence-corrected chi connectivity index (χ3v) is 5.26. The number of hydrogen-bond donors (Lipinski definition) is 1. The summed E-state index contributed by atoms with van der Waals surface area (Å²) < 4.78 is 24.2. The van der Waals surface area contributed by atoms with E-state index in [1.807, 2.05) is 0 Å². The average Bonchev–Trinajstić information content (AvgIpc) is 2.39. The molecule has 0 aliphatic carbocycles. The van der Waals surface area contributed by atoms with E-state index in [4.69, 9.17) is 11.6 Å². The molecule has 0 heterocycles. The van der Waals surface area contributed by atoms with Gasteiger partial charge in [-0.05, 0) is 37.6 Å². The standard InChI is InChI=1S/C15H24ClNO2S/c1-3-4-5-6-13(2)17-11-12-20(18,19)15-9-7-14(16)8-10-15/h7-10,13,17H,3-6,11-12H2,1-2H3. The molecular weight excluding hydrogens is 294 g/mol. The predicted octanol–water partition coefficient (Wildman–Crippen LogP) is 3.67. The summed E-state index contributed by atoms with van der Waals surface area (Å²) in [4.78, 5) is 0.335. The largest absolute Gasteiger partial charge is 0.313 e. The monoisotopic (exact) mass is 317 g/mol. The second-order valence-corrected chi connectivity index (χ2v) is 7.67. The Morgan fingerprint density at radius 2 is 1.85 bits per heavy atom. The van der Waals surface area contributed by atoms with Crippen molar-refractivity contribution in [3.63, 3.8) is 0 Å². The molecular formula is C15H24ClNO2S. The molecule has 114 valence electrons. The SMILES string of the molecule is CCCCCC(C)NCCS(=O)(=O)c1ccc(Cl)cc1. The Balaban J connectivity index is 2.38. The highest BCUT2D eigenvalue weighted by molar-refractivity contribution is 7.91. The highest BCUT2D eigenvalue weighted by Gasteiger charge is 2.14. The summed E-state index contributed by atoms with van der Waals surface area (Å²) in [5.74, 6) is 0.118. The van der Waals surface area contributed by atoms with Gasteiger partial charge in [-0.1, -0.05) is 37.8 Å². The zero-order valence-electron chi connectivity index (χ0n) is 12.2. The van der Waals surface area contributed by atoms with Gasteiger partial charge in [0.15, 0.2) is 9.84 Å². The van der Waals surface area contributed by atoms with Crippen molar-refractivity contribution in [2.45, 2.75) is 50.5 Å². The van der Waals surface area contributed by atoms with Gasteiger partial charge in [0, 0.05) is 17.6 Å². The second-order valence-electron chi connectivity index (χ2n) is 5.12. The number of halogens is 1. The highest BCUT2D eigenvalue weighted by Crippen LogP contribution is 2.15. The summed E-state index contributed by atoms with van der Waals surface area (Å²) >= 11 is 5.76. The van der Waals surface area contributed by atoms with Crippen molar-refractivity contribution in [2.24, 2.45) is 0 Å². The zero-order chi connectivity index (χ0) is 15.0. The number of hydrogen-bond acceptors (Lipinski definition) is 3. The van der Waals surface area contributed by atoms with Crippen LogP contribution in [0.15, 0.2) is 29.2 Å². The molecule has 20 heavy (non-hydrogen) atoms. The van der Waals surface area contributed by atoms with Crippen LogP contribution in [0.2, 0.25) is 5.02 Å². The Kier molecular flexibility index (Phi) is 7.56. The first-order chi connectivity index (χ1) is 9.45. The van der Waals surface area contributed by atoms with Crippen LogP contribution in [0.3, 0.4) is 0 Å². The zero-order valence-corrected chi connectivity index (χ0v) is 13.8. The topological polar surface area (TPSA) is 46.2 Å². The third-order valence-electron chi connectivity index (χ3n) is 3.28. The minimum atomic E-state index is -3.22. The fourth-order valence-corrected chi connectivity index (χ4v) is 3.30. The maximum atomic E-state index is 12.1. The van der Waals surface area contributed by atoms with Crippen LogP contribution < -0.4 is 5.32 Å². The molecule has 1 unspecified atom stereocenters. The first-order valence-corrected chi connectivity index (χ1v) is 9.20. The lowest BCUT2D eigenvalue weighted by Crippen LogP contribution is -2.31. The molecule has 1 aromatic carbocycles. The Hall–Kier alpha value is -0.580. The van der Waals surface area contributed by atoms with Crippen molar-refractivity contribution in [3.05, 3.63) is 29.3 Å². The lowest BCUT2D eigenvalue weighted by molar-refractivity contribution is 0.498. The summed E-state index contributed by atoms with van der Waals surface area (Å²) in [6, 6.07) is 6.69. The molecule has 0 spiro atoms. The summed E-state index contributed by atoms with van der Waals surface area (Å²) in [5.41, 5.74) is 0.